The predicted molar refractivity (Wildman–Crippen MR) is 104 cm³/mol. The van der Waals surface area contributed by atoms with Gasteiger partial charge in [-0.25, -0.2) is 0 Å². The number of hydrogen-bond donors (Lipinski definition) is 2. The molecule has 2 N–H and O–H groups in total. The Morgan fingerprint density at radius 1 is 1.08 bits per heavy atom. The van der Waals surface area contributed by atoms with E-state index in [0.29, 0.717) is 40.0 Å². The van der Waals surface area contributed by atoms with Crippen molar-refractivity contribution in [1.82, 2.24) is 5.32 Å². The number of carbonyl (C=O) groups excluding carboxylic acids is 2. The van der Waals surface area contributed by atoms with Crippen molar-refractivity contribution >= 4 is 29.1 Å². The van der Waals surface area contributed by atoms with Crippen molar-refractivity contribution < 1.29 is 14.3 Å². The zero-order valence-electron chi connectivity index (χ0n) is 15.1. The second kappa shape index (κ2) is 9.25. The first kappa shape index (κ1) is 19.8. The third kappa shape index (κ3) is 5.49. The molecule has 0 aliphatic carbocycles. The quantitative estimate of drug-likeness (QED) is 0.755. The first-order chi connectivity index (χ1) is 12.4. The van der Waals surface area contributed by atoms with E-state index in [9.17, 15) is 9.59 Å². The molecule has 0 spiro atoms. The molecule has 0 aliphatic heterocycles. The molecule has 0 bridgehead atoms. The molecule has 0 atom stereocenters. The highest BCUT2D eigenvalue weighted by Gasteiger charge is 2.13. The smallest absolute Gasteiger partial charge is 0.255 e. The lowest BCUT2D eigenvalue weighted by Crippen LogP contribution is -2.25. The molecule has 5 nitrogen and oxygen atoms in total. The monoisotopic (exact) mass is 374 g/mol. The Kier molecular flexibility index (Phi) is 7.04. The number of benzene rings is 2. The van der Waals surface area contributed by atoms with Crippen molar-refractivity contribution in [1.29, 1.82) is 0 Å². The maximum absolute atomic E-state index is 12.5. The number of halogens is 1. The van der Waals surface area contributed by atoms with Crippen LogP contribution >= 0.6 is 11.6 Å². The Hall–Kier alpha value is -2.53. The normalized spacial score (nSPS) is 10.5. The molecule has 26 heavy (non-hydrogen) atoms. The van der Waals surface area contributed by atoms with Gasteiger partial charge >= 0.3 is 0 Å². The summed E-state index contributed by atoms with van der Waals surface area (Å²) in [5.74, 6) is 0.480. The molecule has 6 heteroatoms. The number of ether oxygens (including phenoxy) is 1. The standard InChI is InChI=1S/C20H23ClN2O3/c1-13(2)9-10-22-19(24)14-5-4-6-15(11-14)20(25)23-17-12-16(21)7-8-18(17)26-3/h4-8,11-13H,9-10H2,1-3H3,(H,22,24)(H,23,25). The SMILES string of the molecule is COc1ccc(Cl)cc1NC(=O)c1cccc(C(=O)NCCC(C)C)c1. The zero-order chi connectivity index (χ0) is 19.1. The lowest BCUT2D eigenvalue weighted by atomic mass is 10.1. The number of carbonyl (C=O) groups is 2. The summed E-state index contributed by atoms with van der Waals surface area (Å²) >= 11 is 5.98. The topological polar surface area (TPSA) is 67.4 Å². The molecule has 0 fully saturated rings. The molecule has 0 heterocycles. The summed E-state index contributed by atoms with van der Waals surface area (Å²) in [7, 11) is 1.51. The van der Waals surface area contributed by atoms with Gasteiger partial charge in [-0.2, -0.15) is 0 Å². The predicted octanol–water partition coefficient (Wildman–Crippen LogP) is 4.38. The average molecular weight is 375 g/mol. The Labute approximate surface area is 158 Å². The fraction of sp³-hybridized carbons (Fsp3) is 0.300. The summed E-state index contributed by atoms with van der Waals surface area (Å²) in [6, 6.07) is 11.5. The second-order valence-corrected chi connectivity index (χ2v) is 6.75. The highest BCUT2D eigenvalue weighted by molar-refractivity contribution is 6.31. The van der Waals surface area contributed by atoms with Crippen molar-refractivity contribution in [3.8, 4) is 5.75 Å². The summed E-state index contributed by atoms with van der Waals surface area (Å²) < 4.78 is 5.23. The van der Waals surface area contributed by atoms with Crippen LogP contribution in [0.3, 0.4) is 0 Å². The van der Waals surface area contributed by atoms with Gasteiger partial charge in [-0.05, 0) is 48.7 Å². The van der Waals surface area contributed by atoms with Gasteiger partial charge in [0.1, 0.15) is 5.75 Å². The van der Waals surface area contributed by atoms with Crippen LogP contribution in [0.15, 0.2) is 42.5 Å². The van der Waals surface area contributed by atoms with Crippen LogP contribution in [-0.2, 0) is 0 Å². The maximum atomic E-state index is 12.5. The van der Waals surface area contributed by atoms with Crippen LogP contribution < -0.4 is 15.4 Å². The number of nitrogens with one attached hydrogen (secondary N) is 2. The van der Waals surface area contributed by atoms with Gasteiger partial charge in [-0.3, -0.25) is 9.59 Å². The fourth-order valence-corrected chi connectivity index (χ4v) is 2.52. The van der Waals surface area contributed by atoms with E-state index in [4.69, 9.17) is 16.3 Å². The van der Waals surface area contributed by atoms with Crippen LogP contribution in [0.4, 0.5) is 5.69 Å². The minimum absolute atomic E-state index is 0.194. The van der Waals surface area contributed by atoms with Gasteiger partial charge < -0.3 is 15.4 Å². The van der Waals surface area contributed by atoms with Gasteiger partial charge in [0.05, 0.1) is 12.8 Å². The zero-order valence-corrected chi connectivity index (χ0v) is 15.9. The van der Waals surface area contributed by atoms with Gasteiger partial charge in [-0.15, -0.1) is 0 Å². The van der Waals surface area contributed by atoms with Crippen molar-refractivity contribution in [3.63, 3.8) is 0 Å². The average Bonchev–Trinajstić information content (AvgIpc) is 2.61. The van der Waals surface area contributed by atoms with Crippen molar-refractivity contribution in [2.45, 2.75) is 20.3 Å². The number of methoxy groups -OCH3 is 1. The molecule has 0 unspecified atom stereocenters. The lowest BCUT2D eigenvalue weighted by Gasteiger charge is -2.11. The largest absolute Gasteiger partial charge is 0.495 e. The molecule has 2 aromatic rings. The van der Waals surface area contributed by atoms with Crippen LogP contribution in [0.25, 0.3) is 0 Å². The van der Waals surface area contributed by atoms with Crippen molar-refractivity contribution in [2.75, 3.05) is 19.0 Å². The lowest BCUT2D eigenvalue weighted by molar-refractivity contribution is 0.0952. The van der Waals surface area contributed by atoms with Crippen LogP contribution in [0.1, 0.15) is 41.0 Å². The summed E-state index contributed by atoms with van der Waals surface area (Å²) in [6.07, 6.45) is 0.903. The van der Waals surface area contributed by atoms with E-state index in [2.05, 4.69) is 24.5 Å². The van der Waals surface area contributed by atoms with Gasteiger partial charge in [0.15, 0.2) is 0 Å². The number of anilines is 1. The molecule has 0 aliphatic rings. The minimum Gasteiger partial charge on any atom is -0.495 e. The van der Waals surface area contributed by atoms with E-state index in [0.717, 1.165) is 6.42 Å². The maximum Gasteiger partial charge on any atom is 0.255 e. The van der Waals surface area contributed by atoms with E-state index in [-0.39, 0.29) is 11.8 Å². The van der Waals surface area contributed by atoms with E-state index in [1.54, 1.807) is 42.5 Å². The Morgan fingerprint density at radius 3 is 2.42 bits per heavy atom. The van der Waals surface area contributed by atoms with Gasteiger partial charge in [-0.1, -0.05) is 31.5 Å². The summed E-state index contributed by atoms with van der Waals surface area (Å²) in [4.78, 5) is 24.8. The third-order valence-electron chi connectivity index (χ3n) is 3.80. The molecule has 2 rings (SSSR count). The Balaban J connectivity index is 2.10. The number of amides is 2. The molecular formula is C20H23ClN2O3. The second-order valence-electron chi connectivity index (χ2n) is 6.32. The van der Waals surface area contributed by atoms with E-state index < -0.39 is 0 Å². The van der Waals surface area contributed by atoms with E-state index in [1.807, 2.05) is 0 Å². The minimum atomic E-state index is -0.345. The highest BCUT2D eigenvalue weighted by atomic mass is 35.5. The van der Waals surface area contributed by atoms with Gasteiger partial charge in [0.2, 0.25) is 0 Å². The summed E-state index contributed by atoms with van der Waals surface area (Å²) in [5, 5.41) is 6.11. The molecule has 2 amide bonds. The van der Waals surface area contributed by atoms with Gasteiger partial charge in [0, 0.05) is 22.7 Å². The Morgan fingerprint density at radius 2 is 1.77 bits per heavy atom. The molecular weight excluding hydrogens is 352 g/mol. The number of hydrogen-bond acceptors (Lipinski definition) is 3. The molecule has 0 saturated carbocycles. The van der Waals surface area contributed by atoms with Crippen LogP contribution in [0, 0.1) is 5.92 Å². The molecule has 0 saturated heterocycles. The van der Waals surface area contributed by atoms with Gasteiger partial charge in [0.25, 0.3) is 11.8 Å². The molecule has 0 radical (unpaired) electrons. The Bertz CT molecular complexity index is 790. The first-order valence-electron chi connectivity index (χ1n) is 8.44. The van der Waals surface area contributed by atoms with Crippen LogP contribution in [-0.4, -0.2) is 25.5 Å². The highest BCUT2D eigenvalue weighted by Crippen LogP contribution is 2.28. The summed E-state index contributed by atoms with van der Waals surface area (Å²) in [6.45, 7) is 4.80. The molecule has 138 valence electrons. The fourth-order valence-electron chi connectivity index (χ4n) is 2.35. The van der Waals surface area contributed by atoms with Crippen LogP contribution in [0.5, 0.6) is 5.75 Å². The van der Waals surface area contributed by atoms with Crippen molar-refractivity contribution in [2.24, 2.45) is 5.92 Å². The number of rotatable bonds is 7. The van der Waals surface area contributed by atoms with E-state index >= 15 is 0 Å². The van der Waals surface area contributed by atoms with Crippen molar-refractivity contribution in [3.05, 3.63) is 58.6 Å². The molecule has 2 aromatic carbocycles. The summed E-state index contributed by atoms with van der Waals surface area (Å²) in [5.41, 5.74) is 1.29. The first-order valence-corrected chi connectivity index (χ1v) is 8.81. The van der Waals surface area contributed by atoms with Crippen LogP contribution in [0.2, 0.25) is 5.02 Å². The van der Waals surface area contributed by atoms with E-state index in [1.165, 1.54) is 7.11 Å². The third-order valence-corrected chi connectivity index (χ3v) is 4.04. The molecule has 0 aromatic heterocycles.